The first-order valence-corrected chi connectivity index (χ1v) is 5.51. The van der Waals surface area contributed by atoms with E-state index >= 15 is 0 Å². The molecule has 0 atom stereocenters. The number of rotatable bonds is 3. The van der Waals surface area contributed by atoms with Gasteiger partial charge in [0, 0.05) is 12.7 Å². The van der Waals surface area contributed by atoms with Gasteiger partial charge >= 0.3 is 0 Å². The molecule has 5 heteroatoms. The summed E-state index contributed by atoms with van der Waals surface area (Å²) in [7, 11) is 0. The van der Waals surface area contributed by atoms with E-state index in [0.717, 1.165) is 12.7 Å². The van der Waals surface area contributed by atoms with Crippen LogP contribution in [0.4, 0.5) is 10.1 Å². The Labute approximate surface area is 99.3 Å². The van der Waals surface area contributed by atoms with Crippen molar-refractivity contribution >= 4 is 5.69 Å². The molecule has 0 saturated heterocycles. The van der Waals surface area contributed by atoms with Crippen LogP contribution in [0.5, 0.6) is 0 Å². The van der Waals surface area contributed by atoms with Crippen molar-refractivity contribution in [3.8, 4) is 11.4 Å². The Kier molecular flexibility index (Phi) is 3.08. The van der Waals surface area contributed by atoms with Gasteiger partial charge in [-0.2, -0.15) is 5.10 Å². The number of aromatic nitrogens is 3. The Morgan fingerprint density at radius 2 is 2.18 bits per heavy atom. The van der Waals surface area contributed by atoms with E-state index < -0.39 is 0 Å². The molecule has 0 unspecified atom stereocenters. The molecular formula is C12H15FN4. The first kappa shape index (κ1) is 11.6. The molecule has 2 N–H and O–H groups in total. The zero-order valence-corrected chi connectivity index (χ0v) is 9.89. The Morgan fingerprint density at radius 3 is 2.76 bits per heavy atom. The summed E-state index contributed by atoms with van der Waals surface area (Å²) in [4.78, 5) is 3.97. The third-order valence-electron chi connectivity index (χ3n) is 2.31. The average molecular weight is 234 g/mol. The molecule has 0 aliphatic carbocycles. The summed E-state index contributed by atoms with van der Waals surface area (Å²) in [6.45, 7) is 5.01. The minimum absolute atomic E-state index is 0.367. The molecule has 2 aromatic rings. The van der Waals surface area contributed by atoms with Gasteiger partial charge < -0.3 is 5.73 Å². The average Bonchev–Trinajstić information content (AvgIpc) is 2.59. The number of anilines is 1. The molecule has 0 amide bonds. The van der Waals surface area contributed by atoms with Crippen molar-refractivity contribution in [2.45, 2.75) is 20.4 Å². The van der Waals surface area contributed by atoms with Gasteiger partial charge in [-0.1, -0.05) is 13.8 Å². The van der Waals surface area contributed by atoms with Crippen molar-refractivity contribution in [3.63, 3.8) is 0 Å². The molecule has 0 saturated carbocycles. The number of nitrogen functional groups attached to an aromatic ring is 1. The Morgan fingerprint density at radius 1 is 1.41 bits per heavy atom. The summed E-state index contributed by atoms with van der Waals surface area (Å²) < 4.78 is 14.6. The molecule has 0 spiro atoms. The molecule has 0 aliphatic heterocycles. The quantitative estimate of drug-likeness (QED) is 0.886. The summed E-state index contributed by atoms with van der Waals surface area (Å²) in [6, 6.07) is 2.93. The van der Waals surface area contributed by atoms with Crippen LogP contribution in [0.2, 0.25) is 0 Å². The lowest BCUT2D eigenvalue weighted by molar-refractivity contribution is 0.484. The van der Waals surface area contributed by atoms with E-state index in [0.29, 0.717) is 23.0 Å². The maximum Gasteiger partial charge on any atom is 0.141 e. The van der Waals surface area contributed by atoms with Crippen molar-refractivity contribution in [1.29, 1.82) is 0 Å². The summed E-state index contributed by atoms with van der Waals surface area (Å²) in [5.74, 6) is 0.122. The van der Waals surface area contributed by atoms with E-state index in [1.54, 1.807) is 16.9 Å². The van der Waals surface area contributed by atoms with Crippen LogP contribution in [-0.4, -0.2) is 14.8 Å². The maximum absolute atomic E-state index is 12.8. The maximum atomic E-state index is 12.8. The fourth-order valence-corrected chi connectivity index (χ4v) is 1.62. The van der Waals surface area contributed by atoms with Crippen molar-refractivity contribution in [1.82, 2.24) is 14.8 Å². The fourth-order valence-electron chi connectivity index (χ4n) is 1.62. The van der Waals surface area contributed by atoms with Gasteiger partial charge in [-0.05, 0) is 18.1 Å². The van der Waals surface area contributed by atoms with E-state index in [1.807, 2.05) is 0 Å². The van der Waals surface area contributed by atoms with Crippen molar-refractivity contribution in [2.24, 2.45) is 5.92 Å². The molecule has 2 aromatic heterocycles. The monoisotopic (exact) mass is 234 g/mol. The molecule has 2 rings (SSSR count). The van der Waals surface area contributed by atoms with Gasteiger partial charge in [-0.3, -0.25) is 9.67 Å². The second kappa shape index (κ2) is 4.53. The molecule has 90 valence electrons. The SMILES string of the molecule is CC(C)Cn1cc(N)c(-c2ccc(F)cn2)n1. The van der Waals surface area contributed by atoms with Gasteiger partial charge in [0.1, 0.15) is 11.5 Å². The lowest BCUT2D eigenvalue weighted by atomic mass is 10.2. The van der Waals surface area contributed by atoms with Crippen LogP contribution in [0.1, 0.15) is 13.8 Å². The van der Waals surface area contributed by atoms with Gasteiger partial charge in [0.05, 0.1) is 17.6 Å². The largest absolute Gasteiger partial charge is 0.396 e. The van der Waals surface area contributed by atoms with Gasteiger partial charge in [0.2, 0.25) is 0 Å². The number of hydrogen-bond donors (Lipinski definition) is 1. The molecule has 0 radical (unpaired) electrons. The highest BCUT2D eigenvalue weighted by Crippen LogP contribution is 2.22. The summed E-state index contributed by atoms with van der Waals surface area (Å²) in [6.07, 6.45) is 2.94. The Balaban J connectivity index is 2.32. The lowest BCUT2D eigenvalue weighted by Gasteiger charge is -2.03. The molecule has 2 heterocycles. The topological polar surface area (TPSA) is 56.7 Å². The minimum atomic E-state index is -0.367. The van der Waals surface area contributed by atoms with Crippen LogP contribution in [0.15, 0.2) is 24.5 Å². The van der Waals surface area contributed by atoms with Gasteiger partial charge in [-0.15, -0.1) is 0 Å². The lowest BCUT2D eigenvalue weighted by Crippen LogP contribution is -2.04. The molecule has 4 nitrogen and oxygen atoms in total. The van der Waals surface area contributed by atoms with Crippen LogP contribution in [0.3, 0.4) is 0 Å². The van der Waals surface area contributed by atoms with Crippen LogP contribution in [0, 0.1) is 11.7 Å². The summed E-state index contributed by atoms with van der Waals surface area (Å²) >= 11 is 0. The van der Waals surface area contributed by atoms with E-state index in [1.165, 1.54) is 6.07 Å². The Bertz CT molecular complexity index is 502. The van der Waals surface area contributed by atoms with Gasteiger partial charge in [-0.25, -0.2) is 4.39 Å². The van der Waals surface area contributed by atoms with Crippen molar-refractivity contribution < 1.29 is 4.39 Å². The van der Waals surface area contributed by atoms with Gasteiger partial charge in [0.25, 0.3) is 0 Å². The van der Waals surface area contributed by atoms with Gasteiger partial charge in [0.15, 0.2) is 0 Å². The zero-order valence-electron chi connectivity index (χ0n) is 9.89. The van der Waals surface area contributed by atoms with Crippen molar-refractivity contribution in [3.05, 3.63) is 30.3 Å². The van der Waals surface area contributed by atoms with Crippen LogP contribution in [0.25, 0.3) is 11.4 Å². The number of nitrogens with zero attached hydrogens (tertiary/aromatic N) is 3. The smallest absolute Gasteiger partial charge is 0.141 e. The highest BCUT2D eigenvalue weighted by atomic mass is 19.1. The van der Waals surface area contributed by atoms with E-state index in [2.05, 4.69) is 23.9 Å². The highest BCUT2D eigenvalue weighted by molar-refractivity contribution is 5.68. The standard InChI is InChI=1S/C12H15FN4/c1-8(2)6-17-7-10(14)12(16-17)11-4-3-9(13)5-15-11/h3-5,7-8H,6,14H2,1-2H3. The van der Waals surface area contributed by atoms with E-state index in [9.17, 15) is 4.39 Å². The number of hydrogen-bond acceptors (Lipinski definition) is 3. The number of pyridine rings is 1. The second-order valence-electron chi connectivity index (χ2n) is 4.41. The van der Waals surface area contributed by atoms with E-state index in [-0.39, 0.29) is 5.82 Å². The highest BCUT2D eigenvalue weighted by Gasteiger charge is 2.10. The first-order valence-electron chi connectivity index (χ1n) is 5.51. The molecular weight excluding hydrogens is 219 g/mol. The molecule has 17 heavy (non-hydrogen) atoms. The summed E-state index contributed by atoms with van der Waals surface area (Å²) in [5.41, 5.74) is 7.62. The zero-order chi connectivity index (χ0) is 12.4. The van der Waals surface area contributed by atoms with Crippen LogP contribution >= 0.6 is 0 Å². The van der Waals surface area contributed by atoms with E-state index in [4.69, 9.17) is 5.73 Å². The predicted molar refractivity (Wildman–Crippen MR) is 64.7 cm³/mol. The minimum Gasteiger partial charge on any atom is -0.396 e. The second-order valence-corrected chi connectivity index (χ2v) is 4.41. The molecule has 0 aromatic carbocycles. The van der Waals surface area contributed by atoms with Crippen molar-refractivity contribution in [2.75, 3.05) is 5.73 Å². The molecule has 0 aliphatic rings. The van der Waals surface area contributed by atoms with Crippen LogP contribution < -0.4 is 5.73 Å². The normalized spacial score (nSPS) is 11.1. The predicted octanol–water partition coefficient (Wildman–Crippen LogP) is 2.32. The van der Waals surface area contributed by atoms with Crippen LogP contribution in [-0.2, 0) is 6.54 Å². The summed E-state index contributed by atoms with van der Waals surface area (Å²) in [5, 5.41) is 4.36. The number of nitrogens with two attached hydrogens (primary N) is 1. The first-order chi connectivity index (χ1) is 8.06. The fraction of sp³-hybridized carbons (Fsp3) is 0.333. The third kappa shape index (κ3) is 2.61. The molecule has 0 fully saturated rings. The Hall–Kier alpha value is -1.91. The third-order valence-corrected chi connectivity index (χ3v) is 2.31. The number of halogens is 1. The molecule has 0 bridgehead atoms.